The van der Waals surface area contributed by atoms with Crippen LogP contribution in [0.3, 0.4) is 0 Å². The van der Waals surface area contributed by atoms with E-state index >= 15 is 0 Å². The number of carbonyl (C=O) groups is 1. The summed E-state index contributed by atoms with van der Waals surface area (Å²) in [5, 5.41) is 0. The molecule has 24 heavy (non-hydrogen) atoms. The smallest absolute Gasteiger partial charge is 0.393 e. The summed E-state index contributed by atoms with van der Waals surface area (Å²) in [6, 6.07) is 11.7. The predicted molar refractivity (Wildman–Crippen MR) is 83.1 cm³/mol. The Morgan fingerprint density at radius 3 is 2.38 bits per heavy atom. The van der Waals surface area contributed by atoms with E-state index in [1.165, 1.54) is 19.2 Å². The van der Waals surface area contributed by atoms with Crippen LogP contribution < -0.4 is 4.74 Å². The molecule has 0 radical (unpaired) electrons. The Morgan fingerprint density at radius 1 is 1.12 bits per heavy atom. The maximum absolute atomic E-state index is 12.8. The molecule has 0 saturated carbocycles. The maximum Gasteiger partial charge on any atom is 0.393 e. The second-order valence-electron chi connectivity index (χ2n) is 5.33. The van der Waals surface area contributed by atoms with E-state index in [2.05, 4.69) is 4.74 Å². The van der Waals surface area contributed by atoms with Crippen molar-refractivity contribution in [1.82, 2.24) is 0 Å². The zero-order valence-electron chi connectivity index (χ0n) is 13.3. The van der Waals surface area contributed by atoms with Gasteiger partial charge in [-0.1, -0.05) is 30.3 Å². The normalized spacial score (nSPS) is 11.2. The van der Waals surface area contributed by atoms with E-state index in [0.29, 0.717) is 5.56 Å². The van der Waals surface area contributed by atoms with Gasteiger partial charge in [0.25, 0.3) is 0 Å². The van der Waals surface area contributed by atoms with E-state index in [0.717, 1.165) is 5.56 Å². The molecule has 2 rings (SSSR count). The molecule has 0 fully saturated rings. The molecular weight excluding hydrogens is 321 g/mol. The zero-order valence-corrected chi connectivity index (χ0v) is 13.3. The number of hydrogen-bond donors (Lipinski definition) is 0. The molecule has 2 aromatic rings. The van der Waals surface area contributed by atoms with Gasteiger partial charge < -0.3 is 9.47 Å². The maximum atomic E-state index is 12.8. The van der Waals surface area contributed by atoms with Crippen molar-refractivity contribution in [3.63, 3.8) is 0 Å². The molecule has 0 N–H and O–H groups in total. The van der Waals surface area contributed by atoms with Crippen molar-refractivity contribution in [3.05, 3.63) is 64.7 Å². The molecule has 0 unspecified atom stereocenters. The average Bonchev–Trinajstić information content (AvgIpc) is 2.53. The topological polar surface area (TPSA) is 35.5 Å². The van der Waals surface area contributed by atoms with Gasteiger partial charge in [-0.25, -0.2) is 4.79 Å². The molecule has 0 aliphatic carbocycles. The Morgan fingerprint density at radius 2 is 1.79 bits per heavy atom. The number of aryl methyl sites for hydroxylation is 1. The van der Waals surface area contributed by atoms with Gasteiger partial charge in [0, 0.05) is 5.56 Å². The van der Waals surface area contributed by atoms with Crippen molar-refractivity contribution in [3.8, 4) is 5.75 Å². The number of methoxy groups -OCH3 is 1. The molecule has 0 aromatic heterocycles. The van der Waals surface area contributed by atoms with Crippen LogP contribution >= 0.6 is 0 Å². The second kappa shape index (κ2) is 7.38. The highest BCUT2D eigenvalue weighted by molar-refractivity contribution is 5.91. The van der Waals surface area contributed by atoms with E-state index in [1.54, 1.807) is 6.92 Å². The van der Waals surface area contributed by atoms with Crippen LogP contribution in [-0.2, 0) is 17.8 Å². The summed E-state index contributed by atoms with van der Waals surface area (Å²) < 4.78 is 48.7. The summed E-state index contributed by atoms with van der Waals surface area (Å²) in [6.45, 7) is 1.77. The second-order valence-corrected chi connectivity index (χ2v) is 5.33. The average molecular weight is 338 g/mol. The minimum Gasteiger partial charge on any atom is -0.489 e. The van der Waals surface area contributed by atoms with Crippen molar-refractivity contribution in [2.45, 2.75) is 26.1 Å². The lowest BCUT2D eigenvalue weighted by Crippen LogP contribution is -2.14. The number of carbonyl (C=O) groups excluding carboxylic acids is 1. The fourth-order valence-electron chi connectivity index (χ4n) is 2.28. The van der Waals surface area contributed by atoms with Crippen molar-refractivity contribution >= 4 is 5.97 Å². The molecule has 0 amide bonds. The Bertz CT molecular complexity index is 709. The zero-order chi connectivity index (χ0) is 17.7. The minimum atomic E-state index is -4.41. The van der Waals surface area contributed by atoms with Crippen molar-refractivity contribution < 1.29 is 27.4 Å². The molecule has 3 nitrogen and oxygen atoms in total. The fourth-order valence-corrected chi connectivity index (χ4v) is 2.28. The van der Waals surface area contributed by atoms with Gasteiger partial charge in [0.15, 0.2) is 0 Å². The SMILES string of the molecule is COC(=O)c1cc(CC(F)(F)F)c(OCc2ccccc2)cc1C. The number of halogens is 3. The van der Waals surface area contributed by atoms with E-state index in [9.17, 15) is 18.0 Å². The number of ether oxygens (including phenoxy) is 2. The first kappa shape index (κ1) is 17.8. The van der Waals surface area contributed by atoms with Gasteiger partial charge >= 0.3 is 12.1 Å². The molecule has 0 aliphatic rings. The summed E-state index contributed by atoms with van der Waals surface area (Å²) in [4.78, 5) is 11.7. The van der Waals surface area contributed by atoms with Crippen LogP contribution in [0.2, 0.25) is 0 Å². The third kappa shape index (κ3) is 4.75. The van der Waals surface area contributed by atoms with Gasteiger partial charge in [-0.05, 0) is 30.2 Å². The lowest BCUT2D eigenvalue weighted by atomic mass is 10.0. The van der Waals surface area contributed by atoms with Crippen LogP contribution in [0.4, 0.5) is 13.2 Å². The van der Waals surface area contributed by atoms with Crippen LogP contribution in [0.25, 0.3) is 0 Å². The number of esters is 1. The molecule has 128 valence electrons. The summed E-state index contributed by atoms with van der Waals surface area (Å²) in [5.74, 6) is -0.563. The summed E-state index contributed by atoms with van der Waals surface area (Å²) in [6.07, 6.45) is -5.59. The van der Waals surface area contributed by atoms with Crippen molar-refractivity contribution in [1.29, 1.82) is 0 Å². The largest absolute Gasteiger partial charge is 0.489 e. The first-order valence-electron chi connectivity index (χ1n) is 7.25. The van der Waals surface area contributed by atoms with Gasteiger partial charge in [-0.2, -0.15) is 13.2 Å². The number of benzene rings is 2. The summed E-state index contributed by atoms with van der Waals surface area (Å²) in [5.41, 5.74) is 1.34. The van der Waals surface area contributed by atoms with Gasteiger partial charge in [-0.3, -0.25) is 0 Å². The molecule has 0 spiro atoms. The Kier molecular flexibility index (Phi) is 5.49. The Labute approximate surface area is 138 Å². The number of alkyl halides is 3. The highest BCUT2D eigenvalue weighted by atomic mass is 19.4. The quantitative estimate of drug-likeness (QED) is 0.755. The molecule has 0 saturated heterocycles. The molecular formula is C18H17F3O3. The molecule has 0 bridgehead atoms. The Hall–Kier alpha value is -2.50. The van der Waals surface area contributed by atoms with Gasteiger partial charge in [0.05, 0.1) is 19.1 Å². The van der Waals surface area contributed by atoms with Gasteiger partial charge in [0.2, 0.25) is 0 Å². The third-order valence-electron chi connectivity index (χ3n) is 3.44. The van der Waals surface area contributed by atoms with E-state index in [4.69, 9.17) is 4.74 Å². The highest BCUT2D eigenvalue weighted by Crippen LogP contribution is 2.31. The molecule has 2 aromatic carbocycles. The van der Waals surface area contributed by atoms with E-state index in [-0.39, 0.29) is 23.5 Å². The Balaban J connectivity index is 2.33. The van der Waals surface area contributed by atoms with Crippen LogP contribution in [0.1, 0.15) is 27.0 Å². The predicted octanol–water partition coefficient (Wildman–Crippen LogP) is 4.47. The molecule has 0 aliphatic heterocycles. The van der Waals surface area contributed by atoms with Crippen LogP contribution in [0, 0.1) is 6.92 Å². The molecule has 0 heterocycles. The minimum absolute atomic E-state index is 0.0931. The third-order valence-corrected chi connectivity index (χ3v) is 3.44. The van der Waals surface area contributed by atoms with Crippen LogP contribution in [0.5, 0.6) is 5.75 Å². The van der Waals surface area contributed by atoms with Crippen molar-refractivity contribution in [2.75, 3.05) is 7.11 Å². The van der Waals surface area contributed by atoms with Crippen LogP contribution in [0.15, 0.2) is 42.5 Å². The molecule has 0 atom stereocenters. The van der Waals surface area contributed by atoms with Crippen molar-refractivity contribution in [2.24, 2.45) is 0 Å². The fraction of sp³-hybridized carbons (Fsp3) is 0.278. The highest BCUT2D eigenvalue weighted by Gasteiger charge is 2.30. The van der Waals surface area contributed by atoms with Gasteiger partial charge in [-0.15, -0.1) is 0 Å². The first-order chi connectivity index (χ1) is 11.3. The van der Waals surface area contributed by atoms with E-state index in [1.807, 2.05) is 30.3 Å². The van der Waals surface area contributed by atoms with E-state index < -0.39 is 18.6 Å². The number of rotatable bonds is 5. The lowest BCUT2D eigenvalue weighted by molar-refractivity contribution is -0.127. The monoisotopic (exact) mass is 338 g/mol. The number of hydrogen-bond acceptors (Lipinski definition) is 3. The first-order valence-corrected chi connectivity index (χ1v) is 7.25. The summed E-state index contributed by atoms with van der Waals surface area (Å²) >= 11 is 0. The lowest BCUT2D eigenvalue weighted by Gasteiger charge is -2.16. The summed E-state index contributed by atoms with van der Waals surface area (Å²) in [7, 11) is 1.19. The van der Waals surface area contributed by atoms with Gasteiger partial charge in [0.1, 0.15) is 12.4 Å². The standard InChI is InChI=1S/C18H17F3O3/c1-12-8-16(24-11-13-6-4-3-5-7-13)14(10-18(19,20)21)9-15(12)17(22)23-2/h3-9H,10-11H2,1-2H3. The molecule has 6 heteroatoms. The van der Waals surface area contributed by atoms with Crippen LogP contribution in [-0.4, -0.2) is 19.3 Å².